The summed E-state index contributed by atoms with van der Waals surface area (Å²) in [6.45, 7) is 7.21. The fourth-order valence-electron chi connectivity index (χ4n) is 4.22. The number of carbonyl (C=O) groups excluding carboxylic acids is 1. The van der Waals surface area contributed by atoms with Crippen molar-refractivity contribution in [2.45, 2.75) is 33.1 Å². The van der Waals surface area contributed by atoms with Gasteiger partial charge in [-0.15, -0.1) is 0 Å². The number of allylic oxidation sites excluding steroid dienone is 1. The standard InChI is InChI=1S/C30H30N2O6/c1-4-15-36-25-14-11-19(16-27(25)35-6-3)28-21-13-12-20(17-26(21)38-29(32)23(28)18-31)37-30(33)22-9-7-8-10-24(22)34-5-2/h7-14,16-17,28H,4-6,15,32H2,1-3H3. The number of benzene rings is 3. The molecular formula is C30H30N2O6. The number of hydrogen-bond donors (Lipinski definition) is 1. The van der Waals surface area contributed by atoms with E-state index in [1.165, 1.54) is 0 Å². The molecule has 8 nitrogen and oxygen atoms in total. The van der Waals surface area contributed by atoms with E-state index in [2.05, 4.69) is 6.07 Å². The van der Waals surface area contributed by atoms with E-state index < -0.39 is 11.9 Å². The van der Waals surface area contributed by atoms with E-state index in [1.54, 1.807) is 42.5 Å². The van der Waals surface area contributed by atoms with Crippen LogP contribution in [-0.4, -0.2) is 25.8 Å². The largest absolute Gasteiger partial charge is 0.493 e. The van der Waals surface area contributed by atoms with Crippen molar-refractivity contribution < 1.29 is 28.5 Å². The summed E-state index contributed by atoms with van der Waals surface area (Å²) < 4.78 is 28.6. The first-order chi connectivity index (χ1) is 18.5. The van der Waals surface area contributed by atoms with Crippen molar-refractivity contribution in [2.75, 3.05) is 19.8 Å². The lowest BCUT2D eigenvalue weighted by Crippen LogP contribution is -2.21. The predicted molar refractivity (Wildman–Crippen MR) is 142 cm³/mol. The lowest BCUT2D eigenvalue weighted by Gasteiger charge is -2.27. The summed E-state index contributed by atoms with van der Waals surface area (Å²) in [6, 6.07) is 19.7. The molecule has 38 heavy (non-hydrogen) atoms. The Bertz CT molecular complexity index is 1390. The zero-order valence-electron chi connectivity index (χ0n) is 21.7. The minimum atomic E-state index is -0.563. The molecule has 0 amide bonds. The van der Waals surface area contributed by atoms with Crippen LogP contribution < -0.4 is 29.4 Å². The van der Waals surface area contributed by atoms with Crippen molar-refractivity contribution >= 4 is 5.97 Å². The molecule has 0 radical (unpaired) electrons. The van der Waals surface area contributed by atoms with Crippen LogP contribution >= 0.6 is 0 Å². The topological polar surface area (TPSA) is 113 Å². The molecular weight excluding hydrogens is 484 g/mol. The van der Waals surface area contributed by atoms with Crippen molar-refractivity contribution in [3.63, 3.8) is 0 Å². The number of hydrogen-bond acceptors (Lipinski definition) is 8. The van der Waals surface area contributed by atoms with Gasteiger partial charge in [0, 0.05) is 11.6 Å². The van der Waals surface area contributed by atoms with Crippen molar-refractivity contribution in [1.82, 2.24) is 0 Å². The van der Waals surface area contributed by atoms with Crippen molar-refractivity contribution in [3.05, 3.63) is 88.8 Å². The molecule has 196 valence electrons. The van der Waals surface area contributed by atoms with Gasteiger partial charge in [-0.1, -0.05) is 31.2 Å². The Morgan fingerprint density at radius 3 is 2.45 bits per heavy atom. The second-order valence-electron chi connectivity index (χ2n) is 8.43. The van der Waals surface area contributed by atoms with Crippen LogP contribution in [0.4, 0.5) is 0 Å². The van der Waals surface area contributed by atoms with Crippen LogP contribution in [0.25, 0.3) is 0 Å². The minimum Gasteiger partial charge on any atom is -0.493 e. The van der Waals surface area contributed by atoms with Gasteiger partial charge < -0.3 is 29.4 Å². The second-order valence-corrected chi connectivity index (χ2v) is 8.43. The van der Waals surface area contributed by atoms with Crippen LogP contribution in [0.5, 0.6) is 28.7 Å². The van der Waals surface area contributed by atoms with Crippen LogP contribution in [0.3, 0.4) is 0 Å². The number of carbonyl (C=O) groups is 1. The van der Waals surface area contributed by atoms with Gasteiger partial charge in [0.15, 0.2) is 11.5 Å². The lowest BCUT2D eigenvalue weighted by atomic mass is 9.83. The number of esters is 1. The number of ether oxygens (including phenoxy) is 5. The average molecular weight is 515 g/mol. The fourth-order valence-corrected chi connectivity index (χ4v) is 4.22. The van der Waals surface area contributed by atoms with E-state index in [1.807, 2.05) is 39.0 Å². The van der Waals surface area contributed by atoms with E-state index in [-0.39, 0.29) is 17.2 Å². The van der Waals surface area contributed by atoms with Crippen molar-refractivity contribution in [2.24, 2.45) is 5.73 Å². The number of fused-ring (bicyclic) bond motifs is 1. The highest BCUT2D eigenvalue weighted by Gasteiger charge is 2.32. The molecule has 0 saturated heterocycles. The Balaban J connectivity index is 1.68. The molecule has 1 aliphatic rings. The summed E-state index contributed by atoms with van der Waals surface area (Å²) in [5.41, 5.74) is 8.25. The molecule has 2 N–H and O–H groups in total. The Morgan fingerprint density at radius 2 is 1.71 bits per heavy atom. The minimum absolute atomic E-state index is 0.0144. The second kappa shape index (κ2) is 12.1. The van der Waals surface area contributed by atoms with Gasteiger partial charge in [0.1, 0.15) is 34.5 Å². The van der Waals surface area contributed by atoms with Gasteiger partial charge in [0.2, 0.25) is 5.88 Å². The van der Waals surface area contributed by atoms with Crippen molar-refractivity contribution in [3.8, 4) is 34.8 Å². The molecule has 0 bridgehead atoms. The normalized spacial score (nSPS) is 14.1. The number of rotatable bonds is 10. The van der Waals surface area contributed by atoms with Crippen LogP contribution in [0.2, 0.25) is 0 Å². The summed E-state index contributed by atoms with van der Waals surface area (Å²) in [4.78, 5) is 12.9. The molecule has 1 aliphatic heterocycles. The summed E-state index contributed by atoms with van der Waals surface area (Å²) in [5.74, 6) is 1.23. The first-order valence-electron chi connectivity index (χ1n) is 12.6. The monoisotopic (exact) mass is 514 g/mol. The van der Waals surface area contributed by atoms with Gasteiger partial charge in [-0.2, -0.15) is 5.26 Å². The summed E-state index contributed by atoms with van der Waals surface area (Å²) in [7, 11) is 0. The van der Waals surface area contributed by atoms with E-state index in [9.17, 15) is 10.1 Å². The molecule has 0 aromatic heterocycles. The molecule has 0 spiro atoms. The smallest absolute Gasteiger partial charge is 0.347 e. The molecule has 4 rings (SSSR count). The van der Waals surface area contributed by atoms with E-state index in [0.717, 1.165) is 12.0 Å². The first kappa shape index (κ1) is 26.4. The van der Waals surface area contributed by atoms with Crippen LogP contribution in [0.15, 0.2) is 72.1 Å². The maximum absolute atomic E-state index is 12.9. The molecule has 1 heterocycles. The fraction of sp³-hybridized carbons (Fsp3) is 0.267. The molecule has 0 aliphatic carbocycles. The number of para-hydroxylation sites is 1. The Morgan fingerprint density at radius 1 is 0.947 bits per heavy atom. The third-order valence-corrected chi connectivity index (χ3v) is 5.87. The van der Waals surface area contributed by atoms with Crippen LogP contribution in [0, 0.1) is 11.3 Å². The van der Waals surface area contributed by atoms with Gasteiger partial charge in [-0.05, 0) is 56.2 Å². The highest BCUT2D eigenvalue weighted by molar-refractivity contribution is 5.94. The van der Waals surface area contributed by atoms with E-state index in [0.29, 0.717) is 53.9 Å². The van der Waals surface area contributed by atoms with Gasteiger partial charge >= 0.3 is 5.97 Å². The molecule has 1 unspecified atom stereocenters. The third-order valence-electron chi connectivity index (χ3n) is 5.87. The highest BCUT2D eigenvalue weighted by Crippen LogP contribution is 2.45. The number of nitrogens with zero attached hydrogens (tertiary/aromatic N) is 1. The summed E-state index contributed by atoms with van der Waals surface area (Å²) >= 11 is 0. The van der Waals surface area contributed by atoms with Crippen LogP contribution in [0.1, 0.15) is 54.6 Å². The Kier molecular flexibility index (Phi) is 8.39. The lowest BCUT2D eigenvalue weighted by molar-refractivity contribution is 0.0730. The molecule has 3 aromatic carbocycles. The van der Waals surface area contributed by atoms with Crippen LogP contribution in [-0.2, 0) is 0 Å². The SMILES string of the molecule is CCCOc1ccc(C2C(C#N)=C(N)Oc3cc(OC(=O)c4ccccc4OCC)ccc32)cc1OCC. The maximum Gasteiger partial charge on any atom is 0.347 e. The third kappa shape index (κ3) is 5.52. The Hall–Kier alpha value is -4.64. The van der Waals surface area contributed by atoms with Gasteiger partial charge in [0.05, 0.1) is 25.7 Å². The summed E-state index contributed by atoms with van der Waals surface area (Å²) in [6.07, 6.45) is 0.864. The first-order valence-corrected chi connectivity index (χ1v) is 12.6. The molecule has 0 saturated carbocycles. The maximum atomic E-state index is 12.9. The molecule has 0 fully saturated rings. The van der Waals surface area contributed by atoms with Crippen molar-refractivity contribution in [1.29, 1.82) is 5.26 Å². The summed E-state index contributed by atoms with van der Waals surface area (Å²) in [5, 5.41) is 9.93. The Labute approximate surface area is 222 Å². The van der Waals surface area contributed by atoms with Gasteiger partial charge in [-0.3, -0.25) is 0 Å². The zero-order valence-corrected chi connectivity index (χ0v) is 21.7. The number of nitrogens with two attached hydrogens (primary N) is 1. The van der Waals surface area contributed by atoms with E-state index in [4.69, 9.17) is 29.4 Å². The predicted octanol–water partition coefficient (Wildman–Crippen LogP) is 5.71. The molecule has 8 heteroatoms. The molecule has 1 atom stereocenters. The zero-order chi connectivity index (χ0) is 27.1. The number of nitriles is 1. The molecule has 3 aromatic rings. The van der Waals surface area contributed by atoms with E-state index >= 15 is 0 Å². The van der Waals surface area contributed by atoms with Gasteiger partial charge in [-0.25, -0.2) is 4.79 Å². The quantitative estimate of drug-likeness (QED) is 0.270. The van der Waals surface area contributed by atoms with Gasteiger partial charge in [0.25, 0.3) is 0 Å². The average Bonchev–Trinajstić information content (AvgIpc) is 2.92. The highest BCUT2D eigenvalue weighted by atomic mass is 16.5.